The summed E-state index contributed by atoms with van der Waals surface area (Å²) in [5.74, 6) is 2.78. The van der Waals surface area contributed by atoms with Gasteiger partial charge in [0.05, 0.1) is 0 Å². The monoisotopic (exact) mass is 338 g/mol. The van der Waals surface area contributed by atoms with E-state index in [1.165, 1.54) is 16.8 Å². The van der Waals surface area contributed by atoms with Gasteiger partial charge >= 0.3 is 0 Å². The maximum absolute atomic E-state index is 4.72. The third-order valence-corrected chi connectivity index (χ3v) is 5.98. The van der Waals surface area contributed by atoms with Gasteiger partial charge in [0.15, 0.2) is 11.6 Å². The number of benzene rings is 2. The second-order valence-corrected chi connectivity index (χ2v) is 7.25. The molecule has 4 nitrogen and oxygen atoms in total. The number of hydrogen-bond donors (Lipinski definition) is 0. The highest BCUT2D eigenvalue weighted by atomic mass is 15.5. The second kappa shape index (κ2) is 4.94. The average molecular weight is 338 g/mol. The largest absolute Gasteiger partial charge is 0.301 e. The molecule has 4 heteroatoms. The molecule has 0 amide bonds. The van der Waals surface area contributed by atoms with Crippen LogP contribution in [0.1, 0.15) is 17.9 Å². The minimum Gasteiger partial charge on any atom is -0.301 e. The molecule has 1 aliphatic carbocycles. The molecule has 0 spiro atoms. The van der Waals surface area contributed by atoms with Crippen LogP contribution in [0.2, 0.25) is 0 Å². The van der Waals surface area contributed by atoms with Crippen LogP contribution in [0.25, 0.3) is 0 Å². The van der Waals surface area contributed by atoms with Crippen molar-refractivity contribution in [1.82, 2.24) is 9.97 Å². The predicted molar refractivity (Wildman–Crippen MR) is 103 cm³/mol. The number of hydrogen-bond acceptors (Lipinski definition) is 4. The van der Waals surface area contributed by atoms with Crippen molar-refractivity contribution in [3.05, 3.63) is 84.7 Å². The van der Waals surface area contributed by atoms with Crippen molar-refractivity contribution in [2.24, 2.45) is 5.92 Å². The molecule has 0 N–H and O–H groups in total. The summed E-state index contributed by atoms with van der Waals surface area (Å²) in [5.41, 5.74) is 5.15. The lowest BCUT2D eigenvalue weighted by molar-refractivity contribution is 0.301. The summed E-state index contributed by atoms with van der Waals surface area (Å²) in [6, 6.07) is 19.2. The van der Waals surface area contributed by atoms with Gasteiger partial charge in [0.2, 0.25) is 0 Å². The Balaban J connectivity index is 1.64. The fourth-order valence-corrected chi connectivity index (χ4v) is 4.88. The maximum atomic E-state index is 4.72. The molecule has 3 aliphatic rings. The van der Waals surface area contributed by atoms with Gasteiger partial charge in [0, 0.05) is 29.7 Å². The van der Waals surface area contributed by atoms with E-state index in [9.17, 15) is 0 Å². The molecule has 3 atom stereocenters. The van der Waals surface area contributed by atoms with Gasteiger partial charge in [-0.15, -0.1) is 0 Å². The first-order chi connectivity index (χ1) is 12.8. The summed E-state index contributed by atoms with van der Waals surface area (Å²) in [4.78, 5) is 14.2. The summed E-state index contributed by atoms with van der Waals surface area (Å²) in [7, 11) is 0. The Morgan fingerprint density at radius 2 is 1.54 bits per heavy atom. The number of aromatic nitrogens is 2. The van der Waals surface area contributed by atoms with Gasteiger partial charge in [-0.2, -0.15) is 0 Å². The van der Waals surface area contributed by atoms with Gasteiger partial charge in [-0.05, 0) is 36.1 Å². The van der Waals surface area contributed by atoms with E-state index < -0.39 is 0 Å². The van der Waals surface area contributed by atoms with E-state index in [2.05, 4.69) is 71.0 Å². The molecule has 0 saturated heterocycles. The number of rotatable bonds is 1. The molecule has 1 saturated carbocycles. The standard InChI is InChI=1S/C22H18N4/c1-14-13-17-16-9-5-6-10-18(16)26-21-20(23-11-12-24-21)25(22(26)19(14)17)15-7-3-2-4-8-15/h2-12,17,19,22H,1,13H2. The molecule has 0 radical (unpaired) electrons. The zero-order valence-corrected chi connectivity index (χ0v) is 14.3. The van der Waals surface area contributed by atoms with Gasteiger partial charge < -0.3 is 9.80 Å². The normalized spacial score (nSPS) is 25.1. The number of para-hydroxylation sites is 2. The highest BCUT2D eigenvalue weighted by Crippen LogP contribution is 2.61. The van der Waals surface area contributed by atoms with Crippen LogP contribution in [0.5, 0.6) is 0 Å². The zero-order chi connectivity index (χ0) is 17.3. The minimum atomic E-state index is 0.149. The molecule has 0 bridgehead atoms. The van der Waals surface area contributed by atoms with Crippen LogP contribution in [0.15, 0.2) is 79.1 Å². The fourth-order valence-electron chi connectivity index (χ4n) is 4.88. The van der Waals surface area contributed by atoms with Crippen LogP contribution >= 0.6 is 0 Å². The second-order valence-electron chi connectivity index (χ2n) is 7.25. The first-order valence-electron chi connectivity index (χ1n) is 9.06. The molecular weight excluding hydrogens is 320 g/mol. The Kier molecular flexibility index (Phi) is 2.68. The topological polar surface area (TPSA) is 32.3 Å². The van der Waals surface area contributed by atoms with Gasteiger partial charge in [0.1, 0.15) is 6.17 Å². The van der Waals surface area contributed by atoms with Crippen LogP contribution in [0.3, 0.4) is 0 Å². The molecule has 126 valence electrons. The molecule has 1 aromatic heterocycles. The third kappa shape index (κ3) is 1.64. The van der Waals surface area contributed by atoms with Gasteiger partial charge in [-0.25, -0.2) is 9.97 Å². The lowest BCUT2D eigenvalue weighted by Crippen LogP contribution is -2.54. The molecule has 1 fully saturated rings. The maximum Gasteiger partial charge on any atom is 0.178 e. The van der Waals surface area contributed by atoms with E-state index in [0.717, 1.165) is 23.7 Å². The van der Waals surface area contributed by atoms with Crippen molar-refractivity contribution < 1.29 is 0 Å². The summed E-state index contributed by atoms with van der Waals surface area (Å²) in [6.45, 7) is 4.37. The van der Waals surface area contributed by atoms with Crippen LogP contribution in [-0.2, 0) is 0 Å². The fraction of sp³-hybridized carbons (Fsp3) is 0.182. The van der Waals surface area contributed by atoms with Crippen LogP contribution in [-0.4, -0.2) is 16.1 Å². The van der Waals surface area contributed by atoms with Crippen molar-refractivity contribution in [3.8, 4) is 0 Å². The van der Waals surface area contributed by atoms with E-state index in [4.69, 9.17) is 9.97 Å². The molecule has 3 aromatic rings. The van der Waals surface area contributed by atoms with Crippen LogP contribution < -0.4 is 9.80 Å². The first-order valence-corrected chi connectivity index (χ1v) is 9.06. The zero-order valence-electron chi connectivity index (χ0n) is 14.3. The Morgan fingerprint density at radius 1 is 0.846 bits per heavy atom. The molecule has 2 aromatic carbocycles. The number of nitrogens with zero attached hydrogens (tertiary/aromatic N) is 4. The molecule has 2 aliphatic heterocycles. The van der Waals surface area contributed by atoms with Crippen molar-refractivity contribution in [2.45, 2.75) is 18.5 Å². The summed E-state index contributed by atoms with van der Waals surface area (Å²) in [6.07, 6.45) is 4.79. The van der Waals surface area contributed by atoms with Crippen LogP contribution in [0.4, 0.5) is 23.0 Å². The smallest absolute Gasteiger partial charge is 0.178 e. The Bertz CT molecular complexity index is 1030. The average Bonchev–Trinajstić information content (AvgIpc) is 3.01. The molecule has 6 rings (SSSR count). The van der Waals surface area contributed by atoms with Gasteiger partial charge in [-0.1, -0.05) is 48.6 Å². The summed E-state index contributed by atoms with van der Waals surface area (Å²) >= 11 is 0. The summed E-state index contributed by atoms with van der Waals surface area (Å²) in [5, 5.41) is 0. The van der Waals surface area contributed by atoms with Crippen molar-refractivity contribution in [1.29, 1.82) is 0 Å². The SMILES string of the molecule is C=C1CC2c3ccccc3N3c4nccnc4N(c4ccccc4)C3C12. The third-order valence-electron chi connectivity index (χ3n) is 5.98. The van der Waals surface area contributed by atoms with E-state index in [1.54, 1.807) is 12.4 Å². The molecular formula is C22H18N4. The molecule has 3 heterocycles. The number of fused-ring (bicyclic) bond motifs is 8. The van der Waals surface area contributed by atoms with E-state index in [1.807, 2.05) is 0 Å². The van der Waals surface area contributed by atoms with Crippen molar-refractivity contribution in [2.75, 3.05) is 9.80 Å². The molecule has 3 unspecified atom stereocenters. The highest BCUT2D eigenvalue weighted by Gasteiger charge is 2.55. The van der Waals surface area contributed by atoms with Crippen molar-refractivity contribution >= 4 is 23.0 Å². The van der Waals surface area contributed by atoms with E-state index >= 15 is 0 Å². The Labute approximate surface area is 152 Å². The van der Waals surface area contributed by atoms with Gasteiger partial charge in [-0.3, -0.25) is 0 Å². The lowest BCUT2D eigenvalue weighted by Gasteiger charge is -2.53. The Hall–Kier alpha value is -3.14. The Morgan fingerprint density at radius 3 is 2.31 bits per heavy atom. The predicted octanol–water partition coefficient (Wildman–Crippen LogP) is 4.77. The van der Waals surface area contributed by atoms with Crippen LogP contribution in [0, 0.1) is 5.92 Å². The van der Waals surface area contributed by atoms with E-state index in [0.29, 0.717) is 11.8 Å². The first kappa shape index (κ1) is 14.1. The summed E-state index contributed by atoms with van der Waals surface area (Å²) < 4.78 is 0. The van der Waals surface area contributed by atoms with Gasteiger partial charge in [0.25, 0.3) is 0 Å². The quantitative estimate of drug-likeness (QED) is 0.599. The number of anilines is 4. The van der Waals surface area contributed by atoms with Crippen molar-refractivity contribution in [3.63, 3.8) is 0 Å². The minimum absolute atomic E-state index is 0.149. The van der Waals surface area contributed by atoms with E-state index in [-0.39, 0.29) is 6.17 Å². The molecule has 26 heavy (non-hydrogen) atoms. The lowest BCUT2D eigenvalue weighted by atomic mass is 9.62. The highest BCUT2D eigenvalue weighted by molar-refractivity contribution is 5.86.